The van der Waals surface area contributed by atoms with Gasteiger partial charge >= 0.3 is 5.97 Å². The van der Waals surface area contributed by atoms with Gasteiger partial charge in [0.25, 0.3) is 0 Å². The van der Waals surface area contributed by atoms with Gasteiger partial charge in [-0.2, -0.15) is 4.31 Å². The minimum atomic E-state index is -3.89. The fourth-order valence-corrected chi connectivity index (χ4v) is 7.09. The number of sulfonamides is 1. The molecule has 2 rings (SSSR count). The number of rotatable bonds is 3. The second-order valence-electron chi connectivity index (χ2n) is 4.92. The third-order valence-corrected chi connectivity index (χ3v) is 8.38. The summed E-state index contributed by atoms with van der Waals surface area (Å²) in [5.74, 6) is -1.62. The molecule has 0 aliphatic carbocycles. The number of hydrogen-bond donors (Lipinski definition) is 1. The van der Waals surface area contributed by atoms with Crippen LogP contribution in [0.3, 0.4) is 0 Å². The number of carbonyl (C=O) groups is 1. The van der Waals surface area contributed by atoms with Crippen molar-refractivity contribution in [1.82, 2.24) is 4.31 Å². The Hall–Kier alpha value is -0.970. The second-order valence-corrected chi connectivity index (χ2v) is 10.3. The average molecular weight is 353 g/mol. The molecule has 1 N–H and O–H groups in total. The highest BCUT2D eigenvalue weighted by atomic mass is 32.2. The van der Waals surface area contributed by atoms with Gasteiger partial charge in [-0.3, -0.25) is 0 Å². The lowest BCUT2D eigenvalue weighted by Crippen LogP contribution is -2.49. The van der Waals surface area contributed by atoms with E-state index in [1.165, 1.54) is 13.8 Å². The monoisotopic (exact) mass is 353 g/mol. The van der Waals surface area contributed by atoms with E-state index >= 15 is 0 Å². The van der Waals surface area contributed by atoms with Crippen molar-refractivity contribution in [3.8, 4) is 0 Å². The van der Waals surface area contributed by atoms with E-state index in [2.05, 4.69) is 0 Å². The molecular weight excluding hydrogens is 338 g/mol. The zero-order chi connectivity index (χ0) is 16.0. The van der Waals surface area contributed by atoms with Gasteiger partial charge in [0.15, 0.2) is 9.84 Å². The molecule has 7 nitrogen and oxygen atoms in total. The molecule has 1 aromatic heterocycles. The molecule has 118 valence electrons. The van der Waals surface area contributed by atoms with E-state index in [1.807, 2.05) is 0 Å². The molecule has 1 fully saturated rings. The number of carboxylic acids is 1. The number of aryl methyl sites for hydroxylation is 1. The number of nitrogens with zero attached hydrogens (tertiary/aromatic N) is 1. The Morgan fingerprint density at radius 2 is 2.10 bits per heavy atom. The Morgan fingerprint density at radius 1 is 1.48 bits per heavy atom. The van der Waals surface area contributed by atoms with Gasteiger partial charge in [0.2, 0.25) is 10.0 Å². The molecule has 0 aromatic carbocycles. The van der Waals surface area contributed by atoms with Crippen LogP contribution in [0.5, 0.6) is 0 Å². The molecule has 0 saturated carbocycles. The first-order valence-electron chi connectivity index (χ1n) is 6.10. The molecule has 1 aromatic rings. The minimum absolute atomic E-state index is 0.0524. The molecule has 0 radical (unpaired) electrons. The second kappa shape index (κ2) is 5.34. The molecule has 21 heavy (non-hydrogen) atoms. The summed E-state index contributed by atoms with van der Waals surface area (Å²) >= 11 is 0.891. The minimum Gasteiger partial charge on any atom is -0.477 e. The fourth-order valence-electron chi connectivity index (χ4n) is 2.29. The lowest BCUT2D eigenvalue weighted by molar-refractivity contribution is 0.0702. The predicted molar refractivity (Wildman–Crippen MR) is 78.0 cm³/mol. The van der Waals surface area contributed by atoms with Crippen LogP contribution in [-0.4, -0.2) is 56.3 Å². The van der Waals surface area contributed by atoms with Gasteiger partial charge in [0, 0.05) is 17.5 Å². The molecule has 0 bridgehead atoms. The van der Waals surface area contributed by atoms with Crippen LogP contribution < -0.4 is 0 Å². The first-order chi connectivity index (χ1) is 9.54. The first kappa shape index (κ1) is 16.4. The number of thiophene rings is 1. The Kier molecular flexibility index (Phi) is 4.17. The summed E-state index contributed by atoms with van der Waals surface area (Å²) in [5, 5.41) is 8.94. The summed E-state index contributed by atoms with van der Waals surface area (Å²) in [4.78, 5) is 11.2. The maximum atomic E-state index is 12.6. The highest BCUT2D eigenvalue weighted by Crippen LogP contribution is 2.30. The van der Waals surface area contributed by atoms with Gasteiger partial charge in [-0.1, -0.05) is 0 Å². The molecule has 1 aliphatic rings. The van der Waals surface area contributed by atoms with E-state index in [0.29, 0.717) is 4.88 Å². The molecule has 0 amide bonds. The lowest BCUT2D eigenvalue weighted by atomic mass is 10.4. The maximum absolute atomic E-state index is 12.6. The van der Waals surface area contributed by atoms with Gasteiger partial charge in [-0.15, -0.1) is 11.3 Å². The van der Waals surface area contributed by atoms with Gasteiger partial charge in [0.1, 0.15) is 4.88 Å². The standard InChI is InChI=1S/C11H15NO6S3/c1-7-6-20(15,16)4-3-12(7)21(17,18)10-5-9(11(13)14)19-8(10)2/h5,7H,3-4,6H2,1-2H3,(H,13,14). The summed E-state index contributed by atoms with van der Waals surface area (Å²) in [5.41, 5.74) is 0. The largest absolute Gasteiger partial charge is 0.477 e. The smallest absolute Gasteiger partial charge is 0.345 e. The van der Waals surface area contributed by atoms with Gasteiger partial charge in [0.05, 0.1) is 16.4 Å². The van der Waals surface area contributed by atoms with Crippen LogP contribution in [0.15, 0.2) is 11.0 Å². The van der Waals surface area contributed by atoms with E-state index in [4.69, 9.17) is 5.11 Å². The van der Waals surface area contributed by atoms with Crippen LogP contribution in [0, 0.1) is 6.92 Å². The van der Waals surface area contributed by atoms with Crippen LogP contribution in [0.2, 0.25) is 0 Å². The highest BCUT2D eigenvalue weighted by Gasteiger charge is 2.38. The van der Waals surface area contributed by atoms with Crippen molar-refractivity contribution < 1.29 is 26.7 Å². The predicted octanol–water partition coefficient (Wildman–Crippen LogP) is 0.562. The van der Waals surface area contributed by atoms with Gasteiger partial charge in [-0.25, -0.2) is 21.6 Å². The van der Waals surface area contributed by atoms with Crippen molar-refractivity contribution in [3.63, 3.8) is 0 Å². The average Bonchev–Trinajstić information content (AvgIpc) is 2.70. The SMILES string of the molecule is Cc1sc(C(=O)O)cc1S(=O)(=O)N1CCS(=O)(=O)CC1C. The van der Waals surface area contributed by atoms with Crippen molar-refractivity contribution in [2.45, 2.75) is 24.8 Å². The summed E-state index contributed by atoms with van der Waals surface area (Å²) in [6.45, 7) is 2.97. The van der Waals surface area contributed by atoms with Gasteiger partial charge in [-0.05, 0) is 19.9 Å². The van der Waals surface area contributed by atoms with E-state index < -0.39 is 31.9 Å². The molecular formula is C11H15NO6S3. The first-order valence-corrected chi connectivity index (χ1v) is 10.2. The number of hydrogen-bond acceptors (Lipinski definition) is 6. The van der Waals surface area contributed by atoms with E-state index in [9.17, 15) is 21.6 Å². The molecule has 1 unspecified atom stereocenters. The summed E-state index contributed by atoms with van der Waals surface area (Å²) in [7, 11) is -7.11. The molecule has 0 spiro atoms. The Morgan fingerprint density at radius 3 is 2.57 bits per heavy atom. The quantitative estimate of drug-likeness (QED) is 0.850. The normalized spacial score (nSPS) is 23.0. The van der Waals surface area contributed by atoms with Crippen molar-refractivity contribution in [3.05, 3.63) is 15.8 Å². The lowest BCUT2D eigenvalue weighted by Gasteiger charge is -2.31. The van der Waals surface area contributed by atoms with Crippen molar-refractivity contribution in [2.75, 3.05) is 18.1 Å². The zero-order valence-electron chi connectivity index (χ0n) is 11.4. The Bertz CT molecular complexity index is 777. The molecule has 1 saturated heterocycles. The summed E-state index contributed by atoms with van der Waals surface area (Å²) in [6, 6.07) is 0.467. The van der Waals surface area contributed by atoms with E-state index in [1.54, 1.807) is 0 Å². The van der Waals surface area contributed by atoms with E-state index in [0.717, 1.165) is 21.7 Å². The third-order valence-electron chi connectivity index (χ3n) is 3.28. The Balaban J connectivity index is 2.41. The molecule has 2 heterocycles. The van der Waals surface area contributed by atoms with E-state index in [-0.39, 0.29) is 27.8 Å². The van der Waals surface area contributed by atoms with Crippen molar-refractivity contribution in [1.29, 1.82) is 0 Å². The van der Waals surface area contributed by atoms with Crippen molar-refractivity contribution in [2.24, 2.45) is 0 Å². The molecule has 1 aliphatic heterocycles. The van der Waals surface area contributed by atoms with Crippen LogP contribution in [0.1, 0.15) is 21.5 Å². The zero-order valence-corrected chi connectivity index (χ0v) is 13.9. The molecule has 1 atom stereocenters. The maximum Gasteiger partial charge on any atom is 0.345 e. The number of sulfone groups is 1. The third kappa shape index (κ3) is 3.12. The van der Waals surface area contributed by atoms with Gasteiger partial charge < -0.3 is 5.11 Å². The topological polar surface area (TPSA) is 109 Å². The number of aromatic carboxylic acids is 1. The highest BCUT2D eigenvalue weighted by molar-refractivity contribution is 7.92. The van der Waals surface area contributed by atoms with Crippen LogP contribution in [0.25, 0.3) is 0 Å². The van der Waals surface area contributed by atoms with Crippen LogP contribution in [0.4, 0.5) is 0 Å². The Labute approximate surface area is 127 Å². The summed E-state index contributed by atoms with van der Waals surface area (Å²) < 4.78 is 49.4. The van der Waals surface area contributed by atoms with Crippen LogP contribution in [-0.2, 0) is 19.9 Å². The van der Waals surface area contributed by atoms with Crippen molar-refractivity contribution >= 4 is 37.2 Å². The fraction of sp³-hybridized carbons (Fsp3) is 0.545. The molecule has 10 heteroatoms. The number of carboxylic acid groups (broad SMARTS) is 1. The summed E-state index contributed by atoms with van der Waals surface area (Å²) in [6.07, 6.45) is 0. The van der Waals surface area contributed by atoms with Crippen LogP contribution >= 0.6 is 11.3 Å².